The lowest BCUT2D eigenvalue weighted by Crippen LogP contribution is -2.10. The van der Waals surface area contributed by atoms with Gasteiger partial charge in [0.1, 0.15) is 6.61 Å². The Labute approximate surface area is 135 Å². The predicted octanol–water partition coefficient (Wildman–Crippen LogP) is 3.42. The van der Waals surface area contributed by atoms with Gasteiger partial charge in [-0.1, -0.05) is 44.2 Å². The second-order valence-electron chi connectivity index (χ2n) is 6.15. The molecule has 0 spiro atoms. The molecule has 124 valence electrons. The van der Waals surface area contributed by atoms with Gasteiger partial charge in [0.15, 0.2) is 0 Å². The highest BCUT2D eigenvalue weighted by atomic mass is 19.1. The summed E-state index contributed by atoms with van der Waals surface area (Å²) in [6.07, 6.45) is 1.17. The number of allylic oxidation sites excluding steroid dienone is 1. The normalized spacial score (nSPS) is 22.3. The number of carbonyl (C=O) groups is 2. The fraction of sp³-hybridized carbons (Fsp3) is 0.444. The van der Waals surface area contributed by atoms with Crippen LogP contribution in [0, 0.1) is 17.3 Å². The lowest BCUT2D eigenvalue weighted by Gasteiger charge is -2.05. The third-order valence-electron chi connectivity index (χ3n) is 4.18. The summed E-state index contributed by atoms with van der Waals surface area (Å²) in [5.41, 5.74) is 0.460. The Balaban J connectivity index is 1.96. The van der Waals surface area contributed by atoms with E-state index in [2.05, 4.69) is 4.74 Å². The standard InChI is InChI=1S/C18H21FO4/c1-4-22-16(20)14(19)10-13-15(18(13,2)3)17(21)23-11-12-8-6-5-7-9-12/h5-10,13,15H,4,11H2,1-3H3/b14-10+/t13-,15-/m0/s1. The van der Waals surface area contributed by atoms with Crippen molar-refractivity contribution in [2.75, 3.05) is 6.61 Å². The predicted molar refractivity (Wildman–Crippen MR) is 82.8 cm³/mol. The summed E-state index contributed by atoms with van der Waals surface area (Å²) >= 11 is 0. The Morgan fingerprint density at radius 2 is 1.87 bits per heavy atom. The molecule has 1 aromatic rings. The van der Waals surface area contributed by atoms with Crippen LogP contribution in [0.4, 0.5) is 4.39 Å². The monoisotopic (exact) mass is 320 g/mol. The number of halogens is 1. The van der Waals surface area contributed by atoms with Gasteiger partial charge < -0.3 is 9.47 Å². The van der Waals surface area contributed by atoms with Crippen LogP contribution in [0.5, 0.6) is 0 Å². The molecule has 0 N–H and O–H groups in total. The molecular weight excluding hydrogens is 299 g/mol. The Morgan fingerprint density at radius 3 is 2.48 bits per heavy atom. The third kappa shape index (κ3) is 3.97. The minimum atomic E-state index is -0.994. The molecule has 1 fully saturated rings. The summed E-state index contributed by atoms with van der Waals surface area (Å²) in [5.74, 6) is -3.15. The van der Waals surface area contributed by atoms with E-state index in [1.165, 1.54) is 6.08 Å². The van der Waals surface area contributed by atoms with Gasteiger partial charge in [-0.3, -0.25) is 4.79 Å². The Morgan fingerprint density at radius 1 is 1.22 bits per heavy atom. The number of ether oxygens (including phenoxy) is 2. The number of esters is 2. The lowest BCUT2D eigenvalue weighted by atomic mass is 10.1. The maximum absolute atomic E-state index is 13.7. The van der Waals surface area contributed by atoms with E-state index in [0.29, 0.717) is 0 Å². The van der Waals surface area contributed by atoms with Gasteiger partial charge in [-0.15, -0.1) is 0 Å². The fourth-order valence-electron chi connectivity index (χ4n) is 2.68. The van der Waals surface area contributed by atoms with Crippen LogP contribution in [0.1, 0.15) is 26.3 Å². The molecule has 0 aromatic heterocycles. The van der Waals surface area contributed by atoms with Crippen LogP contribution in [0.15, 0.2) is 42.2 Å². The molecule has 2 atom stereocenters. The van der Waals surface area contributed by atoms with E-state index in [1.807, 2.05) is 44.2 Å². The molecule has 0 amide bonds. The molecule has 23 heavy (non-hydrogen) atoms. The minimum absolute atomic E-state index is 0.108. The largest absolute Gasteiger partial charge is 0.461 e. The average molecular weight is 320 g/mol. The average Bonchev–Trinajstić information content (AvgIpc) is 3.06. The first-order valence-electron chi connectivity index (χ1n) is 7.63. The van der Waals surface area contributed by atoms with Crippen molar-refractivity contribution in [3.63, 3.8) is 0 Å². The number of benzene rings is 1. The maximum Gasteiger partial charge on any atom is 0.366 e. The van der Waals surface area contributed by atoms with Gasteiger partial charge in [-0.2, -0.15) is 4.39 Å². The second-order valence-corrected chi connectivity index (χ2v) is 6.15. The Kier molecular flexibility index (Phi) is 5.19. The molecule has 0 bridgehead atoms. The van der Waals surface area contributed by atoms with Gasteiger partial charge in [0.2, 0.25) is 5.83 Å². The molecule has 1 aliphatic rings. The van der Waals surface area contributed by atoms with E-state index in [4.69, 9.17) is 4.74 Å². The van der Waals surface area contributed by atoms with Crippen LogP contribution in [-0.2, 0) is 25.7 Å². The number of carbonyl (C=O) groups excluding carboxylic acids is 2. The molecule has 0 aliphatic heterocycles. The van der Waals surface area contributed by atoms with E-state index in [-0.39, 0.29) is 25.1 Å². The second kappa shape index (κ2) is 6.94. The molecule has 4 nitrogen and oxygen atoms in total. The zero-order valence-corrected chi connectivity index (χ0v) is 13.5. The highest BCUT2D eigenvalue weighted by molar-refractivity contribution is 5.86. The number of rotatable bonds is 6. The molecule has 0 heterocycles. The summed E-state index contributed by atoms with van der Waals surface area (Å²) in [5, 5.41) is 0. The molecule has 0 saturated heterocycles. The SMILES string of the molecule is CCOC(=O)/C(F)=C\[C@H]1[C@@H](C(=O)OCc2ccccc2)C1(C)C. The van der Waals surface area contributed by atoms with Crippen molar-refractivity contribution in [3.05, 3.63) is 47.8 Å². The molecule has 1 saturated carbocycles. The topological polar surface area (TPSA) is 52.6 Å². The first-order valence-corrected chi connectivity index (χ1v) is 7.63. The van der Waals surface area contributed by atoms with Crippen LogP contribution in [0.2, 0.25) is 0 Å². The molecule has 1 aliphatic carbocycles. The van der Waals surface area contributed by atoms with Crippen molar-refractivity contribution in [3.8, 4) is 0 Å². The molecule has 1 aromatic carbocycles. The van der Waals surface area contributed by atoms with E-state index >= 15 is 0 Å². The highest BCUT2D eigenvalue weighted by Gasteiger charge is 2.62. The molecule has 0 unspecified atom stereocenters. The summed E-state index contributed by atoms with van der Waals surface area (Å²) in [6.45, 7) is 5.60. The first kappa shape index (κ1) is 17.2. The Bertz CT molecular complexity index is 607. The zero-order valence-electron chi connectivity index (χ0n) is 13.5. The number of hydrogen-bond acceptors (Lipinski definition) is 4. The highest BCUT2D eigenvalue weighted by Crippen LogP contribution is 2.60. The van der Waals surface area contributed by atoms with Gasteiger partial charge >= 0.3 is 11.9 Å². The van der Waals surface area contributed by atoms with Crippen LogP contribution >= 0.6 is 0 Å². The van der Waals surface area contributed by atoms with Crippen molar-refractivity contribution < 1.29 is 23.5 Å². The maximum atomic E-state index is 13.7. The Hall–Kier alpha value is -2.17. The first-order chi connectivity index (χ1) is 10.9. The van der Waals surface area contributed by atoms with Crippen molar-refractivity contribution in [2.24, 2.45) is 17.3 Å². The molecule has 5 heteroatoms. The summed E-state index contributed by atoms with van der Waals surface area (Å²) < 4.78 is 23.6. The smallest absolute Gasteiger partial charge is 0.366 e. The summed E-state index contributed by atoms with van der Waals surface area (Å²) in [4.78, 5) is 23.5. The van der Waals surface area contributed by atoms with Crippen LogP contribution < -0.4 is 0 Å². The van der Waals surface area contributed by atoms with Gasteiger partial charge in [-0.25, -0.2) is 4.79 Å². The van der Waals surface area contributed by atoms with E-state index in [0.717, 1.165) is 5.56 Å². The van der Waals surface area contributed by atoms with Gasteiger partial charge in [0.05, 0.1) is 12.5 Å². The summed E-state index contributed by atoms with van der Waals surface area (Å²) in [7, 11) is 0. The van der Waals surface area contributed by atoms with Crippen molar-refractivity contribution in [1.82, 2.24) is 0 Å². The van der Waals surface area contributed by atoms with E-state index in [9.17, 15) is 14.0 Å². The lowest BCUT2D eigenvalue weighted by molar-refractivity contribution is -0.147. The zero-order chi connectivity index (χ0) is 17.0. The quantitative estimate of drug-likeness (QED) is 0.595. The fourth-order valence-corrected chi connectivity index (χ4v) is 2.68. The summed E-state index contributed by atoms with van der Waals surface area (Å²) in [6, 6.07) is 9.34. The van der Waals surface area contributed by atoms with Crippen molar-refractivity contribution in [1.29, 1.82) is 0 Å². The van der Waals surface area contributed by atoms with Crippen molar-refractivity contribution >= 4 is 11.9 Å². The van der Waals surface area contributed by atoms with Gasteiger partial charge in [0, 0.05) is 0 Å². The number of hydrogen-bond donors (Lipinski definition) is 0. The van der Waals surface area contributed by atoms with Crippen LogP contribution in [0.3, 0.4) is 0 Å². The van der Waals surface area contributed by atoms with E-state index < -0.39 is 23.1 Å². The molecular formula is C18H21FO4. The van der Waals surface area contributed by atoms with Crippen LogP contribution in [0.25, 0.3) is 0 Å². The minimum Gasteiger partial charge on any atom is -0.461 e. The molecule has 0 radical (unpaired) electrons. The third-order valence-corrected chi connectivity index (χ3v) is 4.18. The van der Waals surface area contributed by atoms with Crippen LogP contribution in [-0.4, -0.2) is 18.5 Å². The van der Waals surface area contributed by atoms with Crippen molar-refractivity contribution in [2.45, 2.75) is 27.4 Å². The molecule has 2 rings (SSSR count). The van der Waals surface area contributed by atoms with Gasteiger partial charge in [-0.05, 0) is 29.9 Å². The van der Waals surface area contributed by atoms with E-state index in [1.54, 1.807) is 6.92 Å². The van der Waals surface area contributed by atoms with Gasteiger partial charge in [0.25, 0.3) is 0 Å².